The molecule has 3 rings (SSSR count). The molecule has 1 atom stereocenters. The molecular weight excluding hydrogens is 390 g/mol. The lowest BCUT2D eigenvalue weighted by molar-refractivity contribution is 0.0942. The molecule has 0 unspecified atom stereocenters. The fourth-order valence-corrected chi connectivity index (χ4v) is 3.32. The highest BCUT2D eigenvalue weighted by atomic mass is 79.9. The number of halogens is 1. The van der Waals surface area contributed by atoms with Gasteiger partial charge >= 0.3 is 0 Å². The van der Waals surface area contributed by atoms with Gasteiger partial charge in [0.05, 0.1) is 12.6 Å². The Morgan fingerprint density at radius 1 is 1.00 bits per heavy atom. The van der Waals surface area contributed by atoms with E-state index in [-0.39, 0.29) is 11.9 Å². The van der Waals surface area contributed by atoms with E-state index in [9.17, 15) is 4.79 Å². The van der Waals surface area contributed by atoms with Crippen LogP contribution in [-0.4, -0.2) is 12.5 Å². The summed E-state index contributed by atoms with van der Waals surface area (Å²) in [5, 5.41) is 3.15. The van der Waals surface area contributed by atoms with Crippen molar-refractivity contribution in [2.45, 2.75) is 13.0 Å². The number of rotatable bonds is 6. The van der Waals surface area contributed by atoms with Gasteiger partial charge < -0.3 is 10.1 Å². The lowest BCUT2D eigenvalue weighted by Crippen LogP contribution is -2.29. The molecule has 0 heterocycles. The summed E-state index contributed by atoms with van der Waals surface area (Å²) in [5.74, 6) is 0.550. The highest BCUT2D eigenvalue weighted by Crippen LogP contribution is 2.29. The molecule has 0 bridgehead atoms. The average molecular weight is 410 g/mol. The number of hydrogen-bond acceptors (Lipinski definition) is 2. The van der Waals surface area contributed by atoms with Crippen LogP contribution in [0.3, 0.4) is 0 Å². The van der Waals surface area contributed by atoms with Crippen molar-refractivity contribution in [2.24, 2.45) is 0 Å². The van der Waals surface area contributed by atoms with Crippen molar-refractivity contribution in [3.8, 4) is 5.75 Å². The first-order valence-corrected chi connectivity index (χ1v) is 9.31. The molecule has 0 aromatic heterocycles. The number of carbonyl (C=O) groups is 1. The maximum Gasteiger partial charge on any atom is 0.252 e. The third-order valence-corrected chi connectivity index (χ3v) is 4.75. The van der Waals surface area contributed by atoms with Crippen molar-refractivity contribution in [2.75, 3.05) is 6.61 Å². The third kappa shape index (κ3) is 4.33. The fourth-order valence-electron chi connectivity index (χ4n) is 2.80. The zero-order chi connectivity index (χ0) is 18.4. The van der Waals surface area contributed by atoms with E-state index in [1.54, 1.807) is 12.1 Å². The smallest absolute Gasteiger partial charge is 0.252 e. The third-order valence-electron chi connectivity index (χ3n) is 4.03. The molecule has 0 fully saturated rings. The van der Waals surface area contributed by atoms with Crippen LogP contribution in [-0.2, 0) is 0 Å². The van der Waals surface area contributed by atoms with Gasteiger partial charge in [0.15, 0.2) is 0 Å². The highest BCUT2D eigenvalue weighted by Gasteiger charge is 2.20. The van der Waals surface area contributed by atoms with Crippen LogP contribution in [0.15, 0.2) is 83.3 Å². The van der Waals surface area contributed by atoms with Crippen LogP contribution in [0, 0.1) is 0 Å². The Bertz CT molecular complexity index is 880. The van der Waals surface area contributed by atoms with E-state index in [2.05, 4.69) is 21.2 Å². The predicted octanol–water partition coefficient (Wildman–Crippen LogP) is 5.37. The topological polar surface area (TPSA) is 38.3 Å². The van der Waals surface area contributed by atoms with Gasteiger partial charge in [-0.3, -0.25) is 4.79 Å². The maximum absolute atomic E-state index is 12.9. The van der Waals surface area contributed by atoms with Crippen LogP contribution in [0.2, 0.25) is 0 Å². The second-order valence-electron chi connectivity index (χ2n) is 5.80. The number of carbonyl (C=O) groups excluding carboxylic acids is 1. The Labute approximate surface area is 162 Å². The van der Waals surface area contributed by atoms with E-state index in [0.717, 1.165) is 15.6 Å². The molecule has 3 aromatic rings. The lowest BCUT2D eigenvalue weighted by atomic mass is 9.98. The zero-order valence-corrected chi connectivity index (χ0v) is 16.1. The van der Waals surface area contributed by atoms with Crippen molar-refractivity contribution in [1.82, 2.24) is 5.32 Å². The van der Waals surface area contributed by atoms with Crippen LogP contribution in [0.25, 0.3) is 0 Å². The van der Waals surface area contributed by atoms with E-state index in [4.69, 9.17) is 4.74 Å². The van der Waals surface area contributed by atoms with Crippen molar-refractivity contribution < 1.29 is 9.53 Å². The van der Waals surface area contributed by atoms with Gasteiger partial charge in [-0.1, -0.05) is 70.5 Å². The summed E-state index contributed by atoms with van der Waals surface area (Å²) in [5.41, 5.74) is 2.60. The van der Waals surface area contributed by atoms with Gasteiger partial charge in [-0.2, -0.15) is 0 Å². The highest BCUT2D eigenvalue weighted by molar-refractivity contribution is 9.10. The van der Waals surface area contributed by atoms with Gasteiger partial charge in [-0.25, -0.2) is 0 Å². The number of amides is 1. The molecule has 0 spiro atoms. The van der Waals surface area contributed by atoms with Crippen LogP contribution < -0.4 is 10.1 Å². The summed E-state index contributed by atoms with van der Waals surface area (Å²) >= 11 is 3.60. The Morgan fingerprint density at radius 2 is 1.73 bits per heavy atom. The van der Waals surface area contributed by atoms with E-state index >= 15 is 0 Å². The molecule has 0 aliphatic rings. The minimum atomic E-state index is -0.255. The molecule has 0 radical (unpaired) electrons. The van der Waals surface area contributed by atoms with Crippen molar-refractivity contribution in [1.29, 1.82) is 0 Å². The maximum atomic E-state index is 12.9. The molecule has 132 valence electrons. The predicted molar refractivity (Wildman–Crippen MR) is 108 cm³/mol. The minimum absolute atomic E-state index is 0.142. The summed E-state index contributed by atoms with van der Waals surface area (Å²) in [7, 11) is 0. The van der Waals surface area contributed by atoms with Gasteiger partial charge in [0.1, 0.15) is 5.75 Å². The molecule has 0 aliphatic carbocycles. The monoisotopic (exact) mass is 409 g/mol. The molecule has 0 saturated carbocycles. The van der Waals surface area contributed by atoms with Crippen molar-refractivity contribution >= 4 is 21.8 Å². The number of benzene rings is 3. The molecule has 26 heavy (non-hydrogen) atoms. The summed E-state index contributed by atoms with van der Waals surface area (Å²) in [6.07, 6.45) is 0. The normalized spacial score (nSPS) is 11.6. The average Bonchev–Trinajstić information content (AvgIpc) is 2.68. The largest absolute Gasteiger partial charge is 0.494 e. The summed E-state index contributed by atoms with van der Waals surface area (Å²) in [6, 6.07) is 24.8. The van der Waals surface area contributed by atoms with Crippen LogP contribution in [0.4, 0.5) is 0 Å². The summed E-state index contributed by atoms with van der Waals surface area (Å²) < 4.78 is 6.46. The number of ether oxygens (including phenoxy) is 1. The van der Waals surface area contributed by atoms with Gasteiger partial charge in [-0.05, 0) is 42.3 Å². The second-order valence-corrected chi connectivity index (χ2v) is 6.65. The summed E-state index contributed by atoms with van der Waals surface area (Å²) in [6.45, 7) is 2.49. The second kappa shape index (κ2) is 8.68. The molecule has 1 amide bonds. The van der Waals surface area contributed by atoms with Crippen molar-refractivity contribution in [3.63, 3.8) is 0 Å². The molecule has 3 nitrogen and oxygen atoms in total. The molecule has 4 heteroatoms. The Kier molecular flexibility index (Phi) is 6.08. The fraction of sp³-hybridized carbons (Fsp3) is 0.136. The standard InChI is InChI=1S/C22H20BrNO2/c1-2-26-18-12-8-11-17(15-18)22(25)24-21(16-9-4-3-5-10-16)19-13-6-7-14-20(19)23/h3-15,21H,2H2,1H3,(H,24,25)/t21-/m0/s1. The first-order valence-electron chi connectivity index (χ1n) is 8.52. The molecule has 0 aliphatic heterocycles. The lowest BCUT2D eigenvalue weighted by Gasteiger charge is -2.21. The van der Waals surface area contributed by atoms with Crippen LogP contribution >= 0.6 is 15.9 Å². The number of hydrogen-bond donors (Lipinski definition) is 1. The van der Waals surface area contributed by atoms with E-state index < -0.39 is 0 Å². The Hall–Kier alpha value is -2.59. The van der Waals surface area contributed by atoms with E-state index in [1.165, 1.54) is 0 Å². The minimum Gasteiger partial charge on any atom is -0.494 e. The SMILES string of the molecule is CCOc1cccc(C(=O)N[C@@H](c2ccccc2)c2ccccc2Br)c1. The molecule has 0 saturated heterocycles. The first-order chi connectivity index (χ1) is 12.7. The summed E-state index contributed by atoms with van der Waals surface area (Å²) in [4.78, 5) is 12.9. The van der Waals surface area contributed by atoms with Crippen LogP contribution in [0.5, 0.6) is 5.75 Å². The van der Waals surface area contributed by atoms with Crippen LogP contribution in [0.1, 0.15) is 34.5 Å². The first kappa shape index (κ1) is 18.2. The Balaban J connectivity index is 1.92. The molecule has 1 N–H and O–H groups in total. The van der Waals surface area contributed by atoms with E-state index in [1.807, 2.05) is 73.7 Å². The van der Waals surface area contributed by atoms with Gasteiger partial charge in [0.25, 0.3) is 5.91 Å². The van der Waals surface area contributed by atoms with Gasteiger partial charge in [0.2, 0.25) is 0 Å². The van der Waals surface area contributed by atoms with Gasteiger partial charge in [-0.15, -0.1) is 0 Å². The number of nitrogens with one attached hydrogen (secondary N) is 1. The molecule has 3 aromatic carbocycles. The molecular formula is C22H20BrNO2. The zero-order valence-electron chi connectivity index (χ0n) is 14.5. The van der Waals surface area contributed by atoms with E-state index in [0.29, 0.717) is 17.9 Å². The van der Waals surface area contributed by atoms with Gasteiger partial charge in [0, 0.05) is 10.0 Å². The Morgan fingerprint density at radius 3 is 2.46 bits per heavy atom. The van der Waals surface area contributed by atoms with Crippen molar-refractivity contribution in [3.05, 3.63) is 100 Å². The quantitative estimate of drug-likeness (QED) is 0.594.